The highest BCUT2D eigenvalue weighted by atomic mass is 16.6. The molecule has 0 bridgehead atoms. The number of hydrogen-bond acceptors (Lipinski definition) is 6. The van der Waals surface area contributed by atoms with Crippen molar-refractivity contribution in [3.8, 4) is 0 Å². The van der Waals surface area contributed by atoms with Gasteiger partial charge >= 0.3 is 0 Å². The Morgan fingerprint density at radius 3 is 2.08 bits per heavy atom. The van der Waals surface area contributed by atoms with Gasteiger partial charge in [-0.2, -0.15) is 10.1 Å². The van der Waals surface area contributed by atoms with Crippen molar-refractivity contribution >= 4 is 5.97 Å². The van der Waals surface area contributed by atoms with E-state index >= 15 is 0 Å². The lowest BCUT2D eigenvalue weighted by Gasteiger charge is -2.29. The molecule has 2 N–H and O–H groups in total. The number of hydrogen-bond donors (Lipinski definition) is 2. The van der Waals surface area contributed by atoms with E-state index in [2.05, 4.69) is 0 Å². The van der Waals surface area contributed by atoms with Crippen LogP contribution in [0.25, 0.3) is 0 Å². The zero-order valence-corrected chi connectivity index (χ0v) is 7.76. The Morgan fingerprint density at radius 1 is 1.46 bits per heavy atom. The van der Waals surface area contributed by atoms with Crippen molar-refractivity contribution in [3.63, 3.8) is 0 Å². The second kappa shape index (κ2) is 2.91. The van der Waals surface area contributed by atoms with Gasteiger partial charge in [0.25, 0.3) is 0 Å². The molecule has 0 amide bonds. The van der Waals surface area contributed by atoms with Gasteiger partial charge in [0.2, 0.25) is 0 Å². The molecule has 0 aliphatic carbocycles. The molecule has 0 aromatic carbocycles. The Kier molecular flexibility index (Phi) is 2.33. The van der Waals surface area contributed by atoms with Crippen LogP contribution in [0.4, 0.5) is 0 Å². The predicted octanol–water partition coefficient (Wildman–Crippen LogP) is -1.37. The Hall–Kier alpha value is -0.690. The molecule has 1 aliphatic heterocycles. The maximum Gasteiger partial charge on any atom is 0.150 e. The monoisotopic (exact) mass is 189 g/mol. The van der Waals surface area contributed by atoms with Crippen LogP contribution in [0.15, 0.2) is 0 Å². The molecule has 1 heterocycles. The highest BCUT2D eigenvalue weighted by Gasteiger charge is 2.50. The maximum absolute atomic E-state index is 10.5. The lowest BCUT2D eigenvalue weighted by molar-refractivity contribution is -0.335. The van der Waals surface area contributed by atoms with E-state index in [4.69, 9.17) is 0 Å². The van der Waals surface area contributed by atoms with Crippen molar-refractivity contribution < 1.29 is 20.3 Å². The summed E-state index contributed by atoms with van der Waals surface area (Å²) in [6.07, 6.45) is -1.50. The number of rotatable bonds is 1. The fourth-order valence-corrected chi connectivity index (χ4v) is 1.36. The highest BCUT2D eigenvalue weighted by molar-refractivity contribution is 5.71. The smallest absolute Gasteiger partial charge is 0.150 e. The van der Waals surface area contributed by atoms with Crippen LogP contribution in [0.5, 0.6) is 0 Å². The van der Waals surface area contributed by atoms with Gasteiger partial charge in [0.1, 0.15) is 0 Å². The van der Waals surface area contributed by atoms with Crippen LogP contribution in [-0.4, -0.2) is 44.3 Å². The van der Waals surface area contributed by atoms with Gasteiger partial charge in [-0.15, -0.1) is 0 Å². The third kappa shape index (κ3) is 1.31. The molecule has 1 rings (SSSR count). The molecule has 6 nitrogen and oxygen atoms in total. The number of carbonyl (C=O) groups excluding carboxylic acids is 1. The van der Waals surface area contributed by atoms with E-state index in [1.54, 1.807) is 20.8 Å². The van der Waals surface area contributed by atoms with Crippen LogP contribution < -0.4 is 5.11 Å². The molecular formula is C7H13N2O4-. The molecule has 2 atom stereocenters. The third-order valence-electron chi connectivity index (χ3n) is 2.70. The van der Waals surface area contributed by atoms with Crippen LogP contribution in [0, 0.1) is 0 Å². The van der Waals surface area contributed by atoms with Gasteiger partial charge in [0, 0.05) is 0 Å². The standard InChI is InChI=1S/C7H14N2O4/c1-4-7(2,3)9(13)5(6(10)11)8(4)12/h4-5,12-13H,1-3H3,(H,10,11)/p-1. The van der Waals surface area contributed by atoms with Gasteiger partial charge in [0.05, 0.1) is 17.6 Å². The van der Waals surface area contributed by atoms with E-state index in [1.165, 1.54) is 0 Å². The molecule has 0 saturated carbocycles. The van der Waals surface area contributed by atoms with Gasteiger partial charge < -0.3 is 20.3 Å². The number of carboxylic acid groups (broad SMARTS) is 1. The minimum Gasteiger partial charge on any atom is -0.547 e. The third-order valence-corrected chi connectivity index (χ3v) is 2.70. The number of nitrogens with zero attached hydrogens (tertiary/aromatic N) is 2. The van der Waals surface area contributed by atoms with E-state index < -0.39 is 23.7 Å². The van der Waals surface area contributed by atoms with Crippen LogP contribution in [-0.2, 0) is 4.79 Å². The first-order valence-electron chi connectivity index (χ1n) is 3.96. The predicted molar refractivity (Wildman–Crippen MR) is 39.6 cm³/mol. The van der Waals surface area contributed by atoms with Crippen molar-refractivity contribution in [1.29, 1.82) is 0 Å². The Bertz CT molecular complexity index is 231. The van der Waals surface area contributed by atoms with Gasteiger partial charge in [-0.05, 0) is 20.8 Å². The zero-order chi connectivity index (χ0) is 10.4. The number of aliphatic carboxylic acids is 1. The zero-order valence-electron chi connectivity index (χ0n) is 7.76. The van der Waals surface area contributed by atoms with Crippen LogP contribution in [0.2, 0.25) is 0 Å². The topological polar surface area (TPSA) is 87.1 Å². The molecule has 0 aromatic heterocycles. The lowest BCUT2D eigenvalue weighted by atomic mass is 9.98. The normalized spacial score (nSPS) is 35.2. The molecule has 76 valence electrons. The molecule has 0 spiro atoms. The van der Waals surface area contributed by atoms with Crippen molar-refractivity contribution in [1.82, 2.24) is 10.1 Å². The summed E-state index contributed by atoms with van der Waals surface area (Å²) in [7, 11) is 0. The molecule has 0 aromatic rings. The van der Waals surface area contributed by atoms with Crippen LogP contribution >= 0.6 is 0 Å². The summed E-state index contributed by atoms with van der Waals surface area (Å²) in [5, 5.41) is 30.5. The number of hydroxylamine groups is 4. The fraction of sp³-hybridized carbons (Fsp3) is 0.857. The van der Waals surface area contributed by atoms with E-state index in [0.29, 0.717) is 10.1 Å². The summed E-state index contributed by atoms with van der Waals surface area (Å²) >= 11 is 0. The molecule has 2 unspecified atom stereocenters. The van der Waals surface area contributed by atoms with E-state index in [0.717, 1.165) is 0 Å². The van der Waals surface area contributed by atoms with Crippen molar-refractivity contribution in [2.45, 2.75) is 38.5 Å². The first-order valence-corrected chi connectivity index (χ1v) is 3.96. The molecule has 0 radical (unpaired) electrons. The largest absolute Gasteiger partial charge is 0.547 e. The summed E-state index contributed by atoms with van der Waals surface area (Å²) in [5.41, 5.74) is -0.820. The van der Waals surface area contributed by atoms with Crippen molar-refractivity contribution in [2.75, 3.05) is 0 Å². The second-order valence-corrected chi connectivity index (χ2v) is 3.75. The minimum atomic E-state index is -1.53. The SMILES string of the molecule is CC1N(O)C(C(=O)[O-])N(O)C1(C)C. The average molecular weight is 189 g/mol. The molecule has 1 fully saturated rings. The van der Waals surface area contributed by atoms with Gasteiger partial charge in [-0.25, -0.2) is 0 Å². The minimum absolute atomic E-state index is 0.486. The van der Waals surface area contributed by atoms with Gasteiger partial charge in [0.15, 0.2) is 6.17 Å². The maximum atomic E-state index is 10.5. The second-order valence-electron chi connectivity index (χ2n) is 3.75. The fourth-order valence-electron chi connectivity index (χ4n) is 1.36. The molecular weight excluding hydrogens is 176 g/mol. The van der Waals surface area contributed by atoms with Crippen molar-refractivity contribution in [3.05, 3.63) is 0 Å². The van der Waals surface area contributed by atoms with E-state index in [-0.39, 0.29) is 0 Å². The van der Waals surface area contributed by atoms with Crippen LogP contribution in [0.3, 0.4) is 0 Å². The average Bonchev–Trinajstić information content (AvgIpc) is 2.14. The Balaban J connectivity index is 2.98. The summed E-state index contributed by atoms with van der Waals surface area (Å²) < 4.78 is 0. The van der Waals surface area contributed by atoms with E-state index in [1.807, 2.05) is 0 Å². The quantitative estimate of drug-likeness (QED) is 0.529. The summed E-state index contributed by atoms with van der Waals surface area (Å²) in [6.45, 7) is 4.87. The van der Waals surface area contributed by atoms with Crippen LogP contribution in [0.1, 0.15) is 20.8 Å². The molecule has 6 heteroatoms. The van der Waals surface area contributed by atoms with E-state index in [9.17, 15) is 20.3 Å². The van der Waals surface area contributed by atoms with Gasteiger partial charge in [-0.3, -0.25) is 0 Å². The summed E-state index contributed by atoms with van der Waals surface area (Å²) in [4.78, 5) is 10.5. The highest BCUT2D eigenvalue weighted by Crippen LogP contribution is 2.31. The summed E-state index contributed by atoms with van der Waals surface area (Å²) in [5.74, 6) is -1.53. The first-order chi connectivity index (χ1) is 5.80. The molecule has 13 heavy (non-hydrogen) atoms. The first kappa shape index (κ1) is 10.4. The van der Waals surface area contributed by atoms with Crippen molar-refractivity contribution in [2.24, 2.45) is 0 Å². The number of carboxylic acids is 1. The Labute approximate surface area is 75.9 Å². The molecule has 1 saturated heterocycles. The lowest BCUT2D eigenvalue weighted by Crippen LogP contribution is -2.52. The Morgan fingerprint density at radius 2 is 1.92 bits per heavy atom. The number of carbonyl (C=O) groups is 1. The van der Waals surface area contributed by atoms with Gasteiger partial charge in [-0.1, -0.05) is 0 Å². The summed E-state index contributed by atoms with van der Waals surface area (Å²) in [6, 6.07) is -0.486. The molecule has 1 aliphatic rings.